The van der Waals surface area contributed by atoms with Gasteiger partial charge in [0.2, 0.25) is 0 Å². The van der Waals surface area contributed by atoms with Gasteiger partial charge < -0.3 is 10.4 Å². The van der Waals surface area contributed by atoms with Gasteiger partial charge in [-0.1, -0.05) is 44.2 Å². The first-order chi connectivity index (χ1) is 7.61. The Bertz CT molecular complexity index is 293. The fourth-order valence-electron chi connectivity index (χ4n) is 1.64. The quantitative estimate of drug-likeness (QED) is 0.774. The number of rotatable bonds is 6. The van der Waals surface area contributed by atoms with E-state index in [9.17, 15) is 5.11 Å². The molecule has 0 fully saturated rings. The van der Waals surface area contributed by atoms with Crippen molar-refractivity contribution in [1.29, 1.82) is 0 Å². The number of hydrogen-bond donors (Lipinski definition) is 2. The monoisotopic (exact) mass is 221 g/mol. The second kappa shape index (κ2) is 6.02. The highest BCUT2D eigenvalue weighted by Gasteiger charge is 2.20. The molecule has 0 heterocycles. The van der Waals surface area contributed by atoms with Gasteiger partial charge in [0.1, 0.15) is 0 Å². The summed E-state index contributed by atoms with van der Waals surface area (Å²) in [5.41, 5.74) is 1.11. The van der Waals surface area contributed by atoms with Crippen molar-refractivity contribution in [3.63, 3.8) is 0 Å². The molecule has 0 aliphatic heterocycles. The van der Waals surface area contributed by atoms with Gasteiger partial charge in [-0.15, -0.1) is 0 Å². The smallest absolute Gasteiger partial charge is 0.0914 e. The van der Waals surface area contributed by atoms with Crippen molar-refractivity contribution in [3.05, 3.63) is 35.9 Å². The number of hydrogen-bond acceptors (Lipinski definition) is 2. The number of nitrogens with one attached hydrogen (secondary N) is 1. The van der Waals surface area contributed by atoms with E-state index < -0.39 is 6.10 Å². The van der Waals surface area contributed by atoms with Crippen LogP contribution in [0.1, 0.15) is 45.3 Å². The highest BCUT2D eigenvalue weighted by Crippen LogP contribution is 2.16. The first kappa shape index (κ1) is 13.2. The molecule has 1 aromatic rings. The minimum Gasteiger partial charge on any atom is -0.387 e. The minimum absolute atomic E-state index is 0.135. The summed E-state index contributed by atoms with van der Waals surface area (Å²) in [5.74, 6) is 0. The molecule has 16 heavy (non-hydrogen) atoms. The zero-order chi connectivity index (χ0) is 12.0. The summed E-state index contributed by atoms with van der Waals surface area (Å²) >= 11 is 0. The molecule has 0 amide bonds. The van der Waals surface area contributed by atoms with Gasteiger partial charge in [-0.3, -0.25) is 0 Å². The Kier molecular flexibility index (Phi) is 4.97. The molecule has 0 saturated heterocycles. The highest BCUT2D eigenvalue weighted by molar-refractivity contribution is 5.17. The summed E-state index contributed by atoms with van der Waals surface area (Å²) in [6, 6.07) is 9.80. The second-order valence-corrected chi connectivity index (χ2v) is 4.58. The average Bonchev–Trinajstić information content (AvgIpc) is 2.36. The molecule has 0 aromatic heterocycles. The Morgan fingerprint density at radius 2 is 1.75 bits per heavy atom. The third-order valence-corrected chi connectivity index (χ3v) is 3.47. The van der Waals surface area contributed by atoms with Crippen LogP contribution in [0.2, 0.25) is 0 Å². The predicted molar refractivity (Wildman–Crippen MR) is 68.4 cm³/mol. The zero-order valence-corrected chi connectivity index (χ0v) is 10.5. The second-order valence-electron chi connectivity index (χ2n) is 4.58. The van der Waals surface area contributed by atoms with Crippen LogP contribution in [0, 0.1) is 0 Å². The normalized spacial score (nSPS) is 13.8. The summed E-state index contributed by atoms with van der Waals surface area (Å²) in [6.07, 6.45) is 1.73. The number of aliphatic hydroxyl groups is 1. The molecule has 0 saturated carbocycles. The molecule has 0 bridgehead atoms. The molecule has 2 nitrogen and oxygen atoms in total. The summed E-state index contributed by atoms with van der Waals surface area (Å²) < 4.78 is 0. The molecule has 1 aromatic carbocycles. The van der Waals surface area contributed by atoms with Gasteiger partial charge >= 0.3 is 0 Å². The molecule has 0 aliphatic rings. The van der Waals surface area contributed by atoms with Crippen LogP contribution in [0.3, 0.4) is 0 Å². The highest BCUT2D eigenvalue weighted by atomic mass is 16.3. The molecule has 90 valence electrons. The molecule has 1 atom stereocenters. The minimum atomic E-state index is -0.418. The largest absolute Gasteiger partial charge is 0.387 e. The molecule has 0 radical (unpaired) electrons. The molecule has 0 aliphatic carbocycles. The van der Waals surface area contributed by atoms with Gasteiger partial charge in [0, 0.05) is 12.1 Å². The maximum absolute atomic E-state index is 10.0. The maximum atomic E-state index is 10.0. The first-order valence-corrected chi connectivity index (χ1v) is 6.09. The van der Waals surface area contributed by atoms with Crippen molar-refractivity contribution < 1.29 is 5.11 Å². The van der Waals surface area contributed by atoms with Crippen LogP contribution in [-0.2, 0) is 0 Å². The van der Waals surface area contributed by atoms with E-state index in [1.807, 2.05) is 30.3 Å². The van der Waals surface area contributed by atoms with E-state index in [4.69, 9.17) is 0 Å². The number of β-amino-alcohol motifs (C(OH)–C–C–N with tert-alkyl or cyclic N) is 1. The van der Waals surface area contributed by atoms with E-state index in [0.717, 1.165) is 18.4 Å². The van der Waals surface area contributed by atoms with Crippen LogP contribution in [0.15, 0.2) is 30.3 Å². The molecule has 0 spiro atoms. The lowest BCUT2D eigenvalue weighted by Crippen LogP contribution is -2.43. The molecule has 2 N–H and O–H groups in total. The van der Waals surface area contributed by atoms with Crippen LogP contribution in [0.5, 0.6) is 0 Å². The Morgan fingerprint density at radius 3 is 2.25 bits per heavy atom. The maximum Gasteiger partial charge on any atom is 0.0914 e. The molecule has 1 unspecified atom stereocenters. The van der Waals surface area contributed by atoms with Crippen LogP contribution in [-0.4, -0.2) is 17.2 Å². The standard InChI is InChI=1S/C14H23NO/c1-4-14(3,5-2)15-11-13(16)12-9-7-6-8-10-12/h6-10,13,15-16H,4-5,11H2,1-3H3. The SMILES string of the molecule is CCC(C)(CC)NCC(O)c1ccccc1. The van der Waals surface area contributed by atoms with Crippen molar-refractivity contribution in [2.45, 2.75) is 45.3 Å². The van der Waals surface area contributed by atoms with E-state index in [1.54, 1.807) is 0 Å². The van der Waals surface area contributed by atoms with Crippen molar-refractivity contribution in [2.75, 3.05) is 6.54 Å². The summed E-state index contributed by atoms with van der Waals surface area (Å²) in [6.45, 7) is 7.16. The summed E-state index contributed by atoms with van der Waals surface area (Å²) in [5, 5.41) is 13.5. The van der Waals surface area contributed by atoms with Gasteiger partial charge in [-0.2, -0.15) is 0 Å². The van der Waals surface area contributed by atoms with Gasteiger partial charge in [0.15, 0.2) is 0 Å². The van der Waals surface area contributed by atoms with Crippen LogP contribution in [0.4, 0.5) is 0 Å². The van der Waals surface area contributed by atoms with E-state index in [1.165, 1.54) is 0 Å². The third-order valence-electron chi connectivity index (χ3n) is 3.47. The van der Waals surface area contributed by atoms with Crippen molar-refractivity contribution in [3.8, 4) is 0 Å². The van der Waals surface area contributed by atoms with Crippen LogP contribution in [0.25, 0.3) is 0 Å². The van der Waals surface area contributed by atoms with Crippen LogP contribution >= 0.6 is 0 Å². The molecule has 1 rings (SSSR count). The Labute approximate surface area is 98.7 Å². The van der Waals surface area contributed by atoms with Gasteiger partial charge in [0.05, 0.1) is 6.10 Å². The lowest BCUT2D eigenvalue weighted by Gasteiger charge is -2.29. The summed E-state index contributed by atoms with van der Waals surface area (Å²) in [4.78, 5) is 0. The molecular formula is C14H23NO. The number of aliphatic hydroxyl groups excluding tert-OH is 1. The van der Waals surface area contributed by atoms with Crippen LogP contribution < -0.4 is 5.32 Å². The van der Waals surface area contributed by atoms with Crippen molar-refractivity contribution in [1.82, 2.24) is 5.32 Å². The van der Waals surface area contributed by atoms with Gasteiger partial charge in [-0.25, -0.2) is 0 Å². The Morgan fingerprint density at radius 1 is 1.19 bits per heavy atom. The number of benzene rings is 1. The fourth-order valence-corrected chi connectivity index (χ4v) is 1.64. The van der Waals surface area contributed by atoms with Crippen molar-refractivity contribution >= 4 is 0 Å². The topological polar surface area (TPSA) is 32.3 Å². The molecule has 2 heteroatoms. The Hall–Kier alpha value is -0.860. The average molecular weight is 221 g/mol. The first-order valence-electron chi connectivity index (χ1n) is 6.09. The lowest BCUT2D eigenvalue weighted by atomic mass is 9.95. The third kappa shape index (κ3) is 3.62. The fraction of sp³-hybridized carbons (Fsp3) is 0.571. The van der Waals surface area contributed by atoms with E-state index >= 15 is 0 Å². The van der Waals surface area contributed by atoms with Gasteiger partial charge in [0.25, 0.3) is 0 Å². The van der Waals surface area contributed by atoms with E-state index in [2.05, 4.69) is 26.1 Å². The zero-order valence-electron chi connectivity index (χ0n) is 10.5. The van der Waals surface area contributed by atoms with E-state index in [0.29, 0.717) is 6.54 Å². The molecular weight excluding hydrogens is 198 g/mol. The lowest BCUT2D eigenvalue weighted by molar-refractivity contribution is 0.156. The van der Waals surface area contributed by atoms with Crippen molar-refractivity contribution in [2.24, 2.45) is 0 Å². The predicted octanol–water partition coefficient (Wildman–Crippen LogP) is 2.89. The van der Waals surface area contributed by atoms with E-state index in [-0.39, 0.29) is 5.54 Å². The Balaban J connectivity index is 2.50. The van der Waals surface area contributed by atoms with Gasteiger partial charge in [-0.05, 0) is 25.3 Å². The summed E-state index contributed by atoms with van der Waals surface area (Å²) in [7, 11) is 0.